The van der Waals surface area contributed by atoms with Gasteiger partial charge in [-0.1, -0.05) is 54.5 Å². The molecule has 0 spiro atoms. The molecule has 0 atom stereocenters. The number of pyridine rings is 1. The van der Waals surface area contributed by atoms with E-state index in [1.54, 1.807) is 23.1 Å². The van der Waals surface area contributed by atoms with Gasteiger partial charge in [-0.25, -0.2) is 4.98 Å². The average molecular weight is 465 g/mol. The minimum absolute atomic E-state index is 0.0324. The van der Waals surface area contributed by atoms with Gasteiger partial charge in [0.2, 0.25) is 5.91 Å². The van der Waals surface area contributed by atoms with Crippen molar-refractivity contribution in [2.75, 3.05) is 11.9 Å². The number of fused-ring (bicyclic) bond motifs is 1. The number of nitrogens with zero attached hydrogens (tertiary/aromatic N) is 2. The highest BCUT2D eigenvalue weighted by Crippen LogP contribution is 2.40. The van der Waals surface area contributed by atoms with E-state index in [1.807, 2.05) is 54.5 Å². The number of Topliss-reactive ketones (excluding diaryl/α,β-unsaturated/α-hetero) is 1. The maximum atomic E-state index is 13.4. The van der Waals surface area contributed by atoms with E-state index in [4.69, 9.17) is 5.41 Å². The van der Waals surface area contributed by atoms with Crippen LogP contribution in [0, 0.1) is 5.41 Å². The topological polar surface area (TPSA) is 106 Å². The molecular formula is C27H36N4O3. The first-order valence-corrected chi connectivity index (χ1v) is 11.8. The van der Waals surface area contributed by atoms with Crippen LogP contribution in [0.1, 0.15) is 94.1 Å². The van der Waals surface area contributed by atoms with Crippen molar-refractivity contribution in [1.82, 2.24) is 9.88 Å². The van der Waals surface area contributed by atoms with E-state index in [-0.39, 0.29) is 40.7 Å². The second kappa shape index (κ2) is 9.20. The Morgan fingerprint density at radius 3 is 2.21 bits per heavy atom. The molecule has 0 aliphatic carbocycles. The SMILES string of the molecule is CCCC(=O)Nc1ccc2c(n1)C(=N)N(CC(=O)c1cc(C(C)(C)C)c(O)c(C(C)(C)C)c1)C2. The van der Waals surface area contributed by atoms with Gasteiger partial charge in [-0.3, -0.25) is 15.0 Å². The van der Waals surface area contributed by atoms with Gasteiger partial charge in [0.25, 0.3) is 0 Å². The van der Waals surface area contributed by atoms with Crippen molar-refractivity contribution in [3.05, 3.63) is 52.2 Å². The van der Waals surface area contributed by atoms with Gasteiger partial charge in [0.1, 0.15) is 23.1 Å². The third-order valence-electron chi connectivity index (χ3n) is 6.01. The number of aromatic nitrogens is 1. The van der Waals surface area contributed by atoms with Gasteiger partial charge in [-0.2, -0.15) is 0 Å². The lowest BCUT2D eigenvalue weighted by atomic mass is 9.78. The smallest absolute Gasteiger partial charge is 0.225 e. The minimum Gasteiger partial charge on any atom is -0.507 e. The lowest BCUT2D eigenvalue weighted by Gasteiger charge is -2.28. The van der Waals surface area contributed by atoms with Crippen LogP contribution in [0.3, 0.4) is 0 Å². The maximum Gasteiger partial charge on any atom is 0.225 e. The Morgan fingerprint density at radius 2 is 1.68 bits per heavy atom. The molecule has 3 N–H and O–H groups in total. The summed E-state index contributed by atoms with van der Waals surface area (Å²) in [6.45, 7) is 14.4. The van der Waals surface area contributed by atoms with Gasteiger partial charge in [-0.05, 0) is 35.4 Å². The standard InChI is InChI=1S/C27H36N4O3/c1-8-9-22(33)29-21-11-10-16-14-31(25(28)23(16)30-21)15-20(32)17-12-18(26(2,3)4)24(34)19(13-17)27(5,6)7/h10-13,28,34H,8-9,14-15H2,1-7H3,(H,29,30,33). The summed E-state index contributed by atoms with van der Waals surface area (Å²) in [5.41, 5.74) is 2.66. The fourth-order valence-electron chi connectivity index (χ4n) is 4.10. The second-order valence-corrected chi connectivity index (χ2v) is 11.1. The highest BCUT2D eigenvalue weighted by molar-refractivity contribution is 6.05. The Balaban J connectivity index is 1.85. The monoisotopic (exact) mass is 464 g/mol. The first kappa shape index (κ1) is 25.4. The van der Waals surface area contributed by atoms with E-state index in [0.29, 0.717) is 30.0 Å². The first-order valence-electron chi connectivity index (χ1n) is 11.8. The lowest BCUT2D eigenvalue weighted by Crippen LogP contribution is -2.31. The predicted molar refractivity (Wildman–Crippen MR) is 135 cm³/mol. The molecule has 1 amide bonds. The highest BCUT2D eigenvalue weighted by atomic mass is 16.3. The number of anilines is 1. The minimum atomic E-state index is -0.334. The van der Waals surface area contributed by atoms with E-state index in [9.17, 15) is 14.7 Å². The summed E-state index contributed by atoms with van der Waals surface area (Å²) in [6, 6.07) is 7.13. The summed E-state index contributed by atoms with van der Waals surface area (Å²) in [5.74, 6) is 0.590. The zero-order chi connectivity index (χ0) is 25.4. The van der Waals surface area contributed by atoms with E-state index in [2.05, 4.69) is 10.3 Å². The summed E-state index contributed by atoms with van der Waals surface area (Å²) in [7, 11) is 0. The van der Waals surface area contributed by atoms with E-state index in [0.717, 1.165) is 23.1 Å². The third kappa shape index (κ3) is 5.29. The molecule has 1 aliphatic heterocycles. The number of phenols is 1. The fourth-order valence-corrected chi connectivity index (χ4v) is 4.10. The quantitative estimate of drug-likeness (QED) is 0.513. The molecule has 182 valence electrons. The van der Waals surface area contributed by atoms with Crippen LogP contribution < -0.4 is 5.32 Å². The molecule has 1 aliphatic rings. The number of carbonyl (C=O) groups excluding carboxylic acids is 2. The summed E-state index contributed by atoms with van der Waals surface area (Å²) in [5, 5.41) is 22.3. The Labute approximate surface area is 202 Å². The van der Waals surface area contributed by atoms with Crippen molar-refractivity contribution in [2.45, 2.75) is 78.7 Å². The van der Waals surface area contributed by atoms with Crippen molar-refractivity contribution in [3.8, 4) is 5.75 Å². The number of phenolic OH excluding ortho intramolecular Hbond substituents is 1. The van der Waals surface area contributed by atoms with Crippen molar-refractivity contribution in [2.24, 2.45) is 0 Å². The number of aromatic hydroxyl groups is 1. The van der Waals surface area contributed by atoms with E-state index in [1.165, 1.54) is 0 Å². The van der Waals surface area contributed by atoms with Gasteiger partial charge < -0.3 is 15.3 Å². The van der Waals surface area contributed by atoms with Crippen molar-refractivity contribution < 1.29 is 14.7 Å². The van der Waals surface area contributed by atoms with Crippen LogP contribution in [0.2, 0.25) is 0 Å². The number of amides is 1. The summed E-state index contributed by atoms with van der Waals surface area (Å²) in [4.78, 5) is 31.4. The third-order valence-corrected chi connectivity index (χ3v) is 6.01. The van der Waals surface area contributed by atoms with Crippen LogP contribution >= 0.6 is 0 Å². The predicted octanol–water partition coefficient (Wildman–Crippen LogP) is 5.14. The molecule has 1 aromatic carbocycles. The molecule has 0 bridgehead atoms. The van der Waals surface area contributed by atoms with Crippen LogP contribution in [0.4, 0.5) is 5.82 Å². The molecule has 34 heavy (non-hydrogen) atoms. The number of amidine groups is 1. The summed E-state index contributed by atoms with van der Waals surface area (Å²) >= 11 is 0. The Morgan fingerprint density at radius 1 is 1.09 bits per heavy atom. The fraction of sp³-hybridized carbons (Fsp3) is 0.481. The summed E-state index contributed by atoms with van der Waals surface area (Å²) in [6.07, 6.45) is 1.16. The van der Waals surface area contributed by atoms with Crippen molar-refractivity contribution in [1.29, 1.82) is 5.41 Å². The van der Waals surface area contributed by atoms with Crippen LogP contribution in [-0.2, 0) is 22.2 Å². The number of nitrogens with one attached hydrogen (secondary N) is 2. The number of benzene rings is 1. The summed E-state index contributed by atoms with van der Waals surface area (Å²) < 4.78 is 0. The number of rotatable bonds is 6. The van der Waals surface area contributed by atoms with E-state index >= 15 is 0 Å². The molecule has 0 unspecified atom stereocenters. The number of ketones is 1. The van der Waals surface area contributed by atoms with Crippen molar-refractivity contribution >= 4 is 23.3 Å². The molecule has 2 heterocycles. The molecule has 3 rings (SSSR count). The van der Waals surface area contributed by atoms with Gasteiger partial charge in [0.05, 0.1) is 6.54 Å². The molecule has 0 saturated carbocycles. The maximum absolute atomic E-state index is 13.4. The number of carbonyl (C=O) groups is 2. The zero-order valence-corrected chi connectivity index (χ0v) is 21.3. The van der Waals surface area contributed by atoms with Crippen LogP contribution in [-0.4, -0.2) is 39.1 Å². The zero-order valence-electron chi connectivity index (χ0n) is 21.3. The van der Waals surface area contributed by atoms with Crippen LogP contribution in [0.25, 0.3) is 0 Å². The molecule has 0 fully saturated rings. The van der Waals surface area contributed by atoms with E-state index < -0.39 is 0 Å². The van der Waals surface area contributed by atoms with Gasteiger partial charge in [0, 0.05) is 35.2 Å². The number of hydrogen-bond acceptors (Lipinski definition) is 5. The molecule has 2 aromatic rings. The number of hydrogen-bond donors (Lipinski definition) is 3. The lowest BCUT2D eigenvalue weighted by molar-refractivity contribution is -0.116. The van der Waals surface area contributed by atoms with Crippen molar-refractivity contribution in [3.63, 3.8) is 0 Å². The van der Waals surface area contributed by atoms with Crippen LogP contribution in [0.15, 0.2) is 24.3 Å². The molecule has 0 saturated heterocycles. The normalized spacial score (nSPS) is 13.7. The Kier molecular flexibility index (Phi) is 6.87. The Hall–Kier alpha value is -3.22. The largest absolute Gasteiger partial charge is 0.507 e. The molecule has 7 nitrogen and oxygen atoms in total. The van der Waals surface area contributed by atoms with Crippen LogP contribution in [0.5, 0.6) is 5.75 Å². The first-order chi connectivity index (χ1) is 15.7. The molecular weight excluding hydrogens is 428 g/mol. The average Bonchev–Trinajstić information content (AvgIpc) is 3.01. The van der Waals surface area contributed by atoms with Gasteiger partial charge in [-0.15, -0.1) is 0 Å². The van der Waals surface area contributed by atoms with Gasteiger partial charge >= 0.3 is 0 Å². The van der Waals surface area contributed by atoms with Gasteiger partial charge in [0.15, 0.2) is 5.78 Å². The second-order valence-electron chi connectivity index (χ2n) is 11.1. The molecule has 7 heteroatoms. The molecule has 1 aromatic heterocycles. The highest BCUT2D eigenvalue weighted by Gasteiger charge is 2.31. The Bertz CT molecular complexity index is 1100. The molecule has 0 radical (unpaired) electrons.